The van der Waals surface area contributed by atoms with Gasteiger partial charge in [-0.2, -0.15) is 0 Å². The van der Waals surface area contributed by atoms with Crippen molar-refractivity contribution < 1.29 is 9.47 Å². The van der Waals surface area contributed by atoms with Crippen LogP contribution in [-0.4, -0.2) is 12.6 Å². The molecule has 1 saturated carbocycles. The number of benzene rings is 2. The maximum Gasteiger partial charge on any atom is 0.180 e. The van der Waals surface area contributed by atoms with E-state index in [2.05, 4.69) is 5.32 Å². The Morgan fingerprint density at radius 2 is 1.69 bits per heavy atom. The minimum atomic E-state index is 0.287. The summed E-state index contributed by atoms with van der Waals surface area (Å²) in [6.07, 6.45) is 7.81. The molecule has 2 aromatic carbocycles. The van der Waals surface area contributed by atoms with E-state index in [9.17, 15) is 0 Å². The predicted molar refractivity (Wildman–Crippen MR) is 122 cm³/mol. The van der Waals surface area contributed by atoms with Crippen molar-refractivity contribution in [3.05, 3.63) is 56.5 Å². The molecule has 6 heteroatoms. The van der Waals surface area contributed by atoms with Gasteiger partial charge in [-0.1, -0.05) is 66.6 Å². The standard InChI is InChI=1S/C23H28Cl3NO2/c1-2-28-22-12-16(14-27-19-7-5-3-4-6-8-19)11-21(26)23(22)29-15-17-9-10-18(24)13-20(17)25/h9-13,19,27H,2-8,14-15H2,1H3. The van der Waals surface area contributed by atoms with Crippen LogP contribution >= 0.6 is 34.8 Å². The molecule has 0 amide bonds. The van der Waals surface area contributed by atoms with Crippen LogP contribution in [0, 0.1) is 0 Å². The second-order valence-electron chi connectivity index (χ2n) is 7.43. The van der Waals surface area contributed by atoms with Gasteiger partial charge >= 0.3 is 0 Å². The number of rotatable bonds is 8. The molecule has 1 fully saturated rings. The van der Waals surface area contributed by atoms with E-state index in [0.717, 1.165) is 17.7 Å². The molecule has 1 aliphatic rings. The fraction of sp³-hybridized carbons (Fsp3) is 0.478. The lowest BCUT2D eigenvalue weighted by atomic mass is 10.1. The van der Waals surface area contributed by atoms with Crippen LogP contribution in [-0.2, 0) is 13.2 Å². The highest BCUT2D eigenvalue weighted by Gasteiger charge is 2.16. The van der Waals surface area contributed by atoms with Crippen LogP contribution < -0.4 is 14.8 Å². The topological polar surface area (TPSA) is 30.5 Å². The number of ether oxygens (including phenoxy) is 2. The molecule has 1 aliphatic carbocycles. The van der Waals surface area contributed by atoms with Crippen molar-refractivity contribution in [3.63, 3.8) is 0 Å². The van der Waals surface area contributed by atoms with Crippen LogP contribution in [0.2, 0.25) is 15.1 Å². The summed E-state index contributed by atoms with van der Waals surface area (Å²) < 4.78 is 11.8. The van der Waals surface area contributed by atoms with Gasteiger partial charge in [-0.05, 0) is 49.6 Å². The Hall–Kier alpha value is -1.13. The number of nitrogens with one attached hydrogen (secondary N) is 1. The molecule has 0 aliphatic heterocycles. The molecule has 3 nitrogen and oxygen atoms in total. The molecule has 29 heavy (non-hydrogen) atoms. The van der Waals surface area contributed by atoms with E-state index in [4.69, 9.17) is 44.3 Å². The van der Waals surface area contributed by atoms with Crippen molar-refractivity contribution in [1.29, 1.82) is 0 Å². The average molecular weight is 457 g/mol. The zero-order valence-corrected chi connectivity index (χ0v) is 19.0. The Morgan fingerprint density at radius 1 is 0.931 bits per heavy atom. The van der Waals surface area contributed by atoms with E-state index in [0.29, 0.717) is 39.2 Å². The highest BCUT2D eigenvalue weighted by molar-refractivity contribution is 6.35. The fourth-order valence-corrected chi connectivity index (χ4v) is 4.41. The molecule has 0 bridgehead atoms. The summed E-state index contributed by atoms with van der Waals surface area (Å²) in [7, 11) is 0. The third-order valence-corrected chi connectivity index (χ3v) is 6.07. The van der Waals surface area contributed by atoms with Crippen molar-refractivity contribution in [3.8, 4) is 11.5 Å². The molecular weight excluding hydrogens is 429 g/mol. The monoisotopic (exact) mass is 455 g/mol. The van der Waals surface area contributed by atoms with Gasteiger partial charge in [0.15, 0.2) is 11.5 Å². The van der Waals surface area contributed by atoms with Crippen LogP contribution in [0.1, 0.15) is 56.6 Å². The molecule has 0 unspecified atom stereocenters. The summed E-state index contributed by atoms with van der Waals surface area (Å²) in [4.78, 5) is 0. The van der Waals surface area contributed by atoms with Gasteiger partial charge in [-0.3, -0.25) is 0 Å². The first-order chi connectivity index (χ1) is 14.1. The summed E-state index contributed by atoms with van der Waals surface area (Å²) in [5.74, 6) is 1.19. The third kappa shape index (κ3) is 6.68. The van der Waals surface area contributed by atoms with E-state index >= 15 is 0 Å². The summed E-state index contributed by atoms with van der Waals surface area (Å²) in [6.45, 7) is 3.54. The minimum absolute atomic E-state index is 0.287. The van der Waals surface area contributed by atoms with Crippen molar-refractivity contribution in [2.75, 3.05) is 6.61 Å². The van der Waals surface area contributed by atoms with Crippen molar-refractivity contribution >= 4 is 34.8 Å². The van der Waals surface area contributed by atoms with Crippen LogP contribution in [0.25, 0.3) is 0 Å². The van der Waals surface area contributed by atoms with Crippen LogP contribution in [0.3, 0.4) is 0 Å². The zero-order valence-electron chi connectivity index (χ0n) is 16.8. The van der Waals surface area contributed by atoms with Gasteiger partial charge in [0.05, 0.1) is 11.6 Å². The molecule has 3 rings (SSSR count). The molecule has 158 valence electrons. The lowest BCUT2D eigenvalue weighted by Gasteiger charge is -2.19. The maximum absolute atomic E-state index is 6.56. The molecule has 1 N–H and O–H groups in total. The maximum atomic E-state index is 6.56. The van der Waals surface area contributed by atoms with Gasteiger partial charge < -0.3 is 14.8 Å². The highest BCUT2D eigenvalue weighted by atomic mass is 35.5. The quantitative estimate of drug-likeness (QED) is 0.419. The second-order valence-corrected chi connectivity index (χ2v) is 8.68. The molecule has 0 aromatic heterocycles. The van der Waals surface area contributed by atoms with Crippen LogP contribution in [0.5, 0.6) is 11.5 Å². The highest BCUT2D eigenvalue weighted by Crippen LogP contribution is 2.38. The number of hydrogen-bond acceptors (Lipinski definition) is 3. The zero-order chi connectivity index (χ0) is 20.6. The summed E-state index contributed by atoms with van der Waals surface area (Å²) in [5.41, 5.74) is 1.94. The first-order valence-corrected chi connectivity index (χ1v) is 11.5. The number of hydrogen-bond donors (Lipinski definition) is 1. The predicted octanol–water partition coefficient (Wildman–Crippen LogP) is 7.44. The van der Waals surface area contributed by atoms with E-state index in [1.54, 1.807) is 12.1 Å². The lowest BCUT2D eigenvalue weighted by molar-refractivity contribution is 0.269. The Kier molecular flexibility index (Phi) is 8.80. The third-order valence-electron chi connectivity index (χ3n) is 5.21. The Labute approximate surface area is 188 Å². The Bertz CT molecular complexity index is 805. The van der Waals surface area contributed by atoms with Gasteiger partial charge in [0.2, 0.25) is 0 Å². The van der Waals surface area contributed by atoms with Gasteiger partial charge in [0.1, 0.15) is 6.61 Å². The van der Waals surface area contributed by atoms with E-state index < -0.39 is 0 Å². The Balaban J connectivity index is 1.69. The molecule has 0 saturated heterocycles. The first kappa shape index (κ1) is 22.6. The molecule has 2 aromatic rings. The SMILES string of the molecule is CCOc1cc(CNC2CCCCCC2)cc(Cl)c1OCc1ccc(Cl)cc1Cl. The van der Waals surface area contributed by atoms with E-state index in [1.165, 1.54) is 38.5 Å². The van der Waals surface area contributed by atoms with Gasteiger partial charge in [-0.25, -0.2) is 0 Å². The minimum Gasteiger partial charge on any atom is -0.490 e. The molecule has 0 radical (unpaired) electrons. The number of halogens is 3. The fourth-order valence-electron chi connectivity index (χ4n) is 3.66. The average Bonchev–Trinajstić information content (AvgIpc) is 2.96. The molecule has 0 spiro atoms. The van der Waals surface area contributed by atoms with Crippen molar-refractivity contribution in [2.24, 2.45) is 0 Å². The summed E-state index contributed by atoms with van der Waals surface area (Å²) in [5, 5.41) is 5.38. The van der Waals surface area contributed by atoms with Crippen molar-refractivity contribution in [1.82, 2.24) is 5.32 Å². The lowest BCUT2D eigenvalue weighted by Crippen LogP contribution is -2.27. The first-order valence-electron chi connectivity index (χ1n) is 10.3. The summed E-state index contributed by atoms with van der Waals surface area (Å²) >= 11 is 18.8. The van der Waals surface area contributed by atoms with E-state index in [1.807, 2.05) is 25.1 Å². The normalized spacial score (nSPS) is 15.2. The van der Waals surface area contributed by atoms with Gasteiger partial charge in [-0.15, -0.1) is 0 Å². The van der Waals surface area contributed by atoms with Crippen LogP contribution in [0.15, 0.2) is 30.3 Å². The molecule has 0 heterocycles. The van der Waals surface area contributed by atoms with Gasteiger partial charge in [0.25, 0.3) is 0 Å². The summed E-state index contributed by atoms with van der Waals surface area (Å²) in [6, 6.07) is 9.89. The Morgan fingerprint density at radius 3 is 2.38 bits per heavy atom. The van der Waals surface area contributed by atoms with Crippen molar-refractivity contribution in [2.45, 2.75) is 64.6 Å². The van der Waals surface area contributed by atoms with Crippen LogP contribution in [0.4, 0.5) is 0 Å². The van der Waals surface area contributed by atoms with E-state index in [-0.39, 0.29) is 6.61 Å². The van der Waals surface area contributed by atoms with Gasteiger partial charge in [0, 0.05) is 28.2 Å². The molecular formula is C23H28Cl3NO2. The molecule has 0 atom stereocenters. The second kappa shape index (κ2) is 11.3. The largest absolute Gasteiger partial charge is 0.490 e. The smallest absolute Gasteiger partial charge is 0.180 e.